The molecule has 0 bridgehead atoms. The summed E-state index contributed by atoms with van der Waals surface area (Å²) in [7, 11) is 4.19. The Bertz CT molecular complexity index is 867. The fourth-order valence-corrected chi connectivity index (χ4v) is 4.10. The average molecular weight is 339 g/mol. The van der Waals surface area contributed by atoms with E-state index in [1.807, 2.05) is 35.0 Å². The van der Waals surface area contributed by atoms with Gasteiger partial charge in [0.15, 0.2) is 0 Å². The van der Waals surface area contributed by atoms with Gasteiger partial charge in [-0.05, 0) is 32.6 Å². The molecular formula is C18H21N5S. The molecule has 3 heterocycles. The Morgan fingerprint density at radius 3 is 2.75 bits per heavy atom. The molecule has 1 aliphatic rings. The van der Waals surface area contributed by atoms with Crippen molar-refractivity contribution >= 4 is 28.7 Å². The van der Waals surface area contributed by atoms with Crippen LogP contribution in [0.4, 0.5) is 5.82 Å². The van der Waals surface area contributed by atoms with Crippen molar-refractivity contribution in [2.45, 2.75) is 12.2 Å². The van der Waals surface area contributed by atoms with Gasteiger partial charge in [0.05, 0.1) is 16.5 Å². The number of aromatic nitrogens is 3. The second kappa shape index (κ2) is 6.11. The normalized spacial score (nSPS) is 15.2. The maximum absolute atomic E-state index is 4.75. The van der Waals surface area contributed by atoms with E-state index in [1.54, 1.807) is 0 Å². The van der Waals surface area contributed by atoms with Gasteiger partial charge < -0.3 is 4.90 Å². The zero-order valence-corrected chi connectivity index (χ0v) is 15.0. The lowest BCUT2D eigenvalue weighted by atomic mass is 10.2. The van der Waals surface area contributed by atoms with Crippen molar-refractivity contribution in [3.8, 4) is 5.69 Å². The smallest absolute Gasteiger partial charge is 0.130 e. The van der Waals surface area contributed by atoms with Gasteiger partial charge in [-0.2, -0.15) is 5.10 Å². The maximum atomic E-state index is 4.75. The first kappa shape index (κ1) is 15.5. The Labute approximate surface area is 146 Å². The minimum atomic E-state index is 0.655. The summed E-state index contributed by atoms with van der Waals surface area (Å²) in [5, 5.41) is 6.47. The first-order valence-corrected chi connectivity index (χ1v) is 8.94. The highest BCUT2D eigenvalue weighted by Crippen LogP contribution is 2.29. The van der Waals surface area contributed by atoms with E-state index in [-0.39, 0.29) is 0 Å². The van der Waals surface area contributed by atoms with Crippen LogP contribution in [-0.4, -0.2) is 51.5 Å². The molecule has 1 aromatic carbocycles. The van der Waals surface area contributed by atoms with Crippen LogP contribution in [0.15, 0.2) is 42.7 Å². The van der Waals surface area contributed by atoms with Gasteiger partial charge in [0.1, 0.15) is 5.82 Å². The predicted molar refractivity (Wildman–Crippen MR) is 101 cm³/mol. The first-order chi connectivity index (χ1) is 11.6. The summed E-state index contributed by atoms with van der Waals surface area (Å²) in [4.78, 5) is 6.93. The summed E-state index contributed by atoms with van der Waals surface area (Å²) in [5.41, 5.74) is 3.32. The van der Waals surface area contributed by atoms with E-state index >= 15 is 0 Å². The van der Waals surface area contributed by atoms with Gasteiger partial charge in [0.25, 0.3) is 0 Å². The molecule has 0 aliphatic carbocycles. The number of para-hydroxylation sites is 1. The molecule has 0 saturated carbocycles. The van der Waals surface area contributed by atoms with E-state index < -0.39 is 0 Å². The van der Waals surface area contributed by atoms with E-state index in [0.29, 0.717) is 5.25 Å². The van der Waals surface area contributed by atoms with E-state index in [2.05, 4.69) is 59.6 Å². The lowest BCUT2D eigenvalue weighted by Gasteiger charge is -2.40. The summed E-state index contributed by atoms with van der Waals surface area (Å²) < 4.78 is 4.12. The molecule has 3 aromatic rings. The lowest BCUT2D eigenvalue weighted by Crippen LogP contribution is -2.50. The second-order valence-electron chi connectivity index (χ2n) is 6.41. The SMILES string of the molecule is Cc1ccccc1-n1cc2cnc(N3CC(SN(C)C)C3)cc2n1. The quantitative estimate of drug-likeness (QED) is 0.683. The van der Waals surface area contributed by atoms with E-state index in [0.717, 1.165) is 35.5 Å². The van der Waals surface area contributed by atoms with Crippen molar-refractivity contribution in [1.82, 2.24) is 19.1 Å². The van der Waals surface area contributed by atoms with Crippen LogP contribution >= 0.6 is 11.9 Å². The monoisotopic (exact) mass is 339 g/mol. The fraction of sp³-hybridized carbons (Fsp3) is 0.333. The molecule has 0 unspecified atom stereocenters. The van der Waals surface area contributed by atoms with Crippen molar-refractivity contribution in [3.63, 3.8) is 0 Å². The number of aryl methyl sites for hydroxylation is 1. The van der Waals surface area contributed by atoms with E-state index in [1.165, 1.54) is 5.56 Å². The first-order valence-electron chi connectivity index (χ1n) is 8.10. The summed E-state index contributed by atoms with van der Waals surface area (Å²) in [6, 6.07) is 10.4. The third-order valence-electron chi connectivity index (χ3n) is 4.27. The van der Waals surface area contributed by atoms with Gasteiger partial charge in [-0.1, -0.05) is 30.1 Å². The third-order valence-corrected chi connectivity index (χ3v) is 5.29. The molecule has 2 aromatic heterocycles. The molecular weight excluding hydrogens is 318 g/mol. The maximum Gasteiger partial charge on any atom is 0.130 e. The Balaban J connectivity index is 1.58. The minimum absolute atomic E-state index is 0.655. The zero-order chi connectivity index (χ0) is 16.7. The number of hydrogen-bond donors (Lipinski definition) is 0. The van der Waals surface area contributed by atoms with Crippen LogP contribution in [0.5, 0.6) is 0 Å². The van der Waals surface area contributed by atoms with E-state index in [4.69, 9.17) is 5.10 Å². The molecule has 5 nitrogen and oxygen atoms in total. The number of fused-ring (bicyclic) bond motifs is 1. The molecule has 1 aliphatic heterocycles. The molecule has 4 rings (SSSR count). The lowest BCUT2D eigenvalue weighted by molar-refractivity contribution is 0.601. The summed E-state index contributed by atoms with van der Waals surface area (Å²) in [6.45, 7) is 4.19. The van der Waals surface area contributed by atoms with Crippen molar-refractivity contribution in [1.29, 1.82) is 0 Å². The van der Waals surface area contributed by atoms with Crippen molar-refractivity contribution in [2.75, 3.05) is 32.1 Å². The van der Waals surface area contributed by atoms with Gasteiger partial charge in [0, 0.05) is 36.9 Å². The Morgan fingerprint density at radius 2 is 2.00 bits per heavy atom. The summed E-state index contributed by atoms with van der Waals surface area (Å²) in [5.74, 6) is 1.02. The molecule has 1 fully saturated rings. The van der Waals surface area contributed by atoms with Crippen LogP contribution < -0.4 is 4.90 Å². The van der Waals surface area contributed by atoms with Crippen LogP contribution in [0.2, 0.25) is 0 Å². The van der Waals surface area contributed by atoms with Crippen LogP contribution in [0.25, 0.3) is 16.6 Å². The third kappa shape index (κ3) is 2.87. The molecule has 124 valence electrons. The summed E-state index contributed by atoms with van der Waals surface area (Å²) >= 11 is 1.89. The van der Waals surface area contributed by atoms with Crippen LogP contribution in [-0.2, 0) is 0 Å². The Morgan fingerprint density at radius 1 is 1.21 bits per heavy atom. The largest absolute Gasteiger partial charge is 0.354 e. The molecule has 0 spiro atoms. The zero-order valence-electron chi connectivity index (χ0n) is 14.2. The molecule has 1 saturated heterocycles. The van der Waals surface area contributed by atoms with Crippen LogP contribution in [0.3, 0.4) is 0 Å². The molecule has 6 heteroatoms. The molecule has 24 heavy (non-hydrogen) atoms. The van der Waals surface area contributed by atoms with Crippen LogP contribution in [0.1, 0.15) is 5.56 Å². The fourth-order valence-electron chi connectivity index (χ4n) is 3.01. The molecule has 0 N–H and O–H groups in total. The number of anilines is 1. The van der Waals surface area contributed by atoms with Gasteiger partial charge in [-0.15, -0.1) is 0 Å². The summed E-state index contributed by atoms with van der Waals surface area (Å²) in [6.07, 6.45) is 3.98. The predicted octanol–water partition coefficient (Wildman–Crippen LogP) is 3.13. The average Bonchev–Trinajstić information content (AvgIpc) is 2.93. The number of rotatable bonds is 4. The Hall–Kier alpha value is -2.05. The van der Waals surface area contributed by atoms with Crippen molar-refractivity contribution in [2.24, 2.45) is 0 Å². The molecule has 0 amide bonds. The van der Waals surface area contributed by atoms with Gasteiger partial charge in [-0.25, -0.2) is 9.67 Å². The number of hydrogen-bond acceptors (Lipinski definition) is 5. The second-order valence-corrected chi connectivity index (χ2v) is 8.01. The highest BCUT2D eigenvalue weighted by Gasteiger charge is 2.29. The van der Waals surface area contributed by atoms with Crippen molar-refractivity contribution < 1.29 is 0 Å². The van der Waals surface area contributed by atoms with Gasteiger partial charge in [-0.3, -0.25) is 4.31 Å². The van der Waals surface area contributed by atoms with Gasteiger partial charge in [0.2, 0.25) is 0 Å². The molecule has 0 radical (unpaired) electrons. The number of pyridine rings is 1. The topological polar surface area (TPSA) is 37.2 Å². The number of benzene rings is 1. The van der Waals surface area contributed by atoms with E-state index in [9.17, 15) is 0 Å². The van der Waals surface area contributed by atoms with Crippen LogP contribution in [0, 0.1) is 6.92 Å². The highest BCUT2D eigenvalue weighted by atomic mass is 32.2. The van der Waals surface area contributed by atoms with Gasteiger partial charge >= 0.3 is 0 Å². The standard InChI is InChI=1S/C18H21N5S/c1-13-6-4-5-7-17(13)23-10-14-9-19-18(8-16(14)20-23)22-11-15(12-22)24-21(2)3/h4-10,15H,11-12H2,1-3H3. The number of nitrogens with zero attached hydrogens (tertiary/aromatic N) is 5. The highest BCUT2D eigenvalue weighted by molar-refractivity contribution is 7.97. The molecule has 0 atom stereocenters. The minimum Gasteiger partial charge on any atom is -0.354 e. The Kier molecular flexibility index (Phi) is 3.94. The van der Waals surface area contributed by atoms with Crippen molar-refractivity contribution in [3.05, 3.63) is 48.3 Å².